The Bertz CT molecular complexity index is 896. The molecule has 0 unspecified atom stereocenters. The minimum Gasteiger partial charge on any atom is -0.356 e. The second-order valence-electron chi connectivity index (χ2n) is 7.83. The summed E-state index contributed by atoms with van der Waals surface area (Å²) in [6.45, 7) is 6.53. The van der Waals surface area contributed by atoms with Crippen molar-refractivity contribution in [1.29, 1.82) is 0 Å². The van der Waals surface area contributed by atoms with Crippen LogP contribution in [0.4, 0.5) is 5.13 Å². The van der Waals surface area contributed by atoms with Gasteiger partial charge < -0.3 is 10.2 Å². The molecule has 1 N–H and O–H groups in total. The van der Waals surface area contributed by atoms with Gasteiger partial charge in [0.2, 0.25) is 11.0 Å². The van der Waals surface area contributed by atoms with E-state index in [9.17, 15) is 4.79 Å². The van der Waals surface area contributed by atoms with Crippen LogP contribution in [0.3, 0.4) is 0 Å². The molecule has 1 heterocycles. The topological polar surface area (TPSA) is 58.1 Å². The Morgan fingerprint density at radius 1 is 1.03 bits per heavy atom. The number of carbonyl (C=O) groups is 1. The molecule has 0 bridgehead atoms. The molecule has 3 rings (SSSR count). The molecule has 2 aromatic carbocycles. The molecule has 5 nitrogen and oxygen atoms in total. The lowest BCUT2D eigenvalue weighted by molar-refractivity contribution is -0.120. The van der Waals surface area contributed by atoms with Crippen LogP contribution in [-0.2, 0) is 17.6 Å². The molecule has 0 aliphatic heterocycles. The molecule has 0 aliphatic rings. The van der Waals surface area contributed by atoms with E-state index >= 15 is 0 Å². The molecule has 30 heavy (non-hydrogen) atoms. The zero-order valence-electron chi connectivity index (χ0n) is 17.8. The molecule has 3 aromatic rings. The highest BCUT2D eigenvalue weighted by Crippen LogP contribution is 2.20. The lowest BCUT2D eigenvalue weighted by Gasteiger charge is -2.23. The molecular weight excluding hydrogens is 392 g/mol. The first-order valence-electron chi connectivity index (χ1n) is 10.5. The van der Waals surface area contributed by atoms with Gasteiger partial charge in [0.15, 0.2) is 0 Å². The van der Waals surface area contributed by atoms with Crippen LogP contribution in [0.25, 0.3) is 0 Å². The van der Waals surface area contributed by atoms with Gasteiger partial charge in [0.25, 0.3) is 0 Å². The minimum atomic E-state index is 0.0775. The predicted molar refractivity (Wildman–Crippen MR) is 124 cm³/mol. The van der Waals surface area contributed by atoms with Gasteiger partial charge in [-0.25, -0.2) is 4.98 Å². The monoisotopic (exact) mass is 422 g/mol. The molecule has 1 amide bonds. The highest BCUT2D eigenvalue weighted by Gasteiger charge is 2.16. The van der Waals surface area contributed by atoms with Gasteiger partial charge in [-0.2, -0.15) is 4.37 Å². The summed E-state index contributed by atoms with van der Waals surface area (Å²) in [6.07, 6.45) is 2.03. The lowest BCUT2D eigenvalue weighted by Crippen LogP contribution is -2.33. The fraction of sp³-hybridized carbons (Fsp3) is 0.375. The standard InChI is InChI=1S/C24H30N4OS/c1-19(2)18-28(16-14-23(29)25-15-13-20-9-5-3-6-10-20)24-26-22(27-30-24)17-21-11-7-4-8-12-21/h3-12,19H,13-18H2,1-2H3,(H,25,29). The number of nitrogens with zero attached hydrogens (tertiary/aromatic N) is 3. The van der Waals surface area contributed by atoms with Crippen molar-refractivity contribution in [2.75, 3.05) is 24.5 Å². The average Bonchev–Trinajstić information content (AvgIpc) is 3.21. The lowest BCUT2D eigenvalue weighted by atomic mass is 10.1. The Labute approximate surface area is 183 Å². The zero-order valence-corrected chi connectivity index (χ0v) is 18.6. The summed E-state index contributed by atoms with van der Waals surface area (Å²) in [4.78, 5) is 19.3. The molecular formula is C24H30N4OS. The number of amides is 1. The predicted octanol–water partition coefficient (Wildman–Crippen LogP) is 4.34. The van der Waals surface area contributed by atoms with Crippen molar-refractivity contribution < 1.29 is 4.79 Å². The van der Waals surface area contributed by atoms with Crippen LogP contribution in [0.15, 0.2) is 60.7 Å². The fourth-order valence-electron chi connectivity index (χ4n) is 3.25. The molecule has 0 spiro atoms. The molecule has 0 saturated heterocycles. The fourth-order valence-corrected chi connectivity index (χ4v) is 3.96. The van der Waals surface area contributed by atoms with Gasteiger partial charge >= 0.3 is 0 Å². The summed E-state index contributed by atoms with van der Waals surface area (Å²) in [5.74, 6) is 1.39. The van der Waals surface area contributed by atoms with Gasteiger partial charge in [0.1, 0.15) is 5.82 Å². The van der Waals surface area contributed by atoms with E-state index in [1.807, 2.05) is 36.4 Å². The van der Waals surface area contributed by atoms with E-state index in [-0.39, 0.29) is 5.91 Å². The summed E-state index contributed by atoms with van der Waals surface area (Å²) in [6, 6.07) is 20.5. The van der Waals surface area contributed by atoms with Crippen molar-refractivity contribution in [3.63, 3.8) is 0 Å². The van der Waals surface area contributed by atoms with Gasteiger partial charge in [-0.15, -0.1) is 0 Å². The third-order valence-electron chi connectivity index (χ3n) is 4.71. The number of benzene rings is 2. The number of aromatic nitrogens is 2. The Morgan fingerprint density at radius 3 is 2.37 bits per heavy atom. The van der Waals surface area contributed by atoms with Gasteiger partial charge in [-0.05, 0) is 23.5 Å². The van der Waals surface area contributed by atoms with Gasteiger partial charge in [0.05, 0.1) is 0 Å². The number of carbonyl (C=O) groups excluding carboxylic acids is 1. The maximum atomic E-state index is 12.3. The van der Waals surface area contributed by atoms with Gasteiger partial charge in [0, 0.05) is 44.0 Å². The van der Waals surface area contributed by atoms with Crippen molar-refractivity contribution in [3.8, 4) is 0 Å². The number of hydrogen-bond acceptors (Lipinski definition) is 5. The van der Waals surface area contributed by atoms with Crippen LogP contribution in [0.5, 0.6) is 0 Å². The molecule has 158 valence electrons. The van der Waals surface area contributed by atoms with E-state index in [4.69, 9.17) is 4.98 Å². The van der Waals surface area contributed by atoms with Crippen molar-refractivity contribution in [2.24, 2.45) is 5.92 Å². The van der Waals surface area contributed by atoms with Crippen LogP contribution in [0, 0.1) is 5.92 Å². The minimum absolute atomic E-state index is 0.0775. The Morgan fingerprint density at radius 2 is 1.70 bits per heavy atom. The summed E-state index contributed by atoms with van der Waals surface area (Å²) in [7, 11) is 0. The van der Waals surface area contributed by atoms with E-state index in [0.717, 1.165) is 30.3 Å². The summed E-state index contributed by atoms with van der Waals surface area (Å²) < 4.78 is 4.54. The first-order chi connectivity index (χ1) is 14.6. The summed E-state index contributed by atoms with van der Waals surface area (Å²) >= 11 is 1.42. The second kappa shape index (κ2) is 11.5. The summed E-state index contributed by atoms with van der Waals surface area (Å²) in [5, 5.41) is 3.93. The largest absolute Gasteiger partial charge is 0.356 e. The molecule has 1 aromatic heterocycles. The second-order valence-corrected chi connectivity index (χ2v) is 8.56. The Kier molecular flexibility index (Phi) is 8.39. The normalized spacial score (nSPS) is 10.9. The van der Waals surface area contributed by atoms with Crippen LogP contribution in [-0.4, -0.2) is 34.9 Å². The molecule has 0 fully saturated rings. The maximum absolute atomic E-state index is 12.3. The first-order valence-corrected chi connectivity index (χ1v) is 11.3. The van der Waals surface area contributed by atoms with E-state index in [1.165, 1.54) is 22.7 Å². The zero-order chi connectivity index (χ0) is 21.2. The number of hydrogen-bond donors (Lipinski definition) is 1. The molecule has 6 heteroatoms. The van der Waals surface area contributed by atoms with Crippen molar-refractivity contribution in [2.45, 2.75) is 33.1 Å². The smallest absolute Gasteiger partial charge is 0.221 e. The SMILES string of the molecule is CC(C)CN(CCC(=O)NCCc1ccccc1)c1nc(Cc2ccccc2)ns1. The third-order valence-corrected chi connectivity index (χ3v) is 5.52. The number of rotatable bonds is 11. The van der Waals surface area contributed by atoms with Crippen LogP contribution < -0.4 is 10.2 Å². The van der Waals surface area contributed by atoms with E-state index in [2.05, 4.69) is 52.7 Å². The van der Waals surface area contributed by atoms with Crippen LogP contribution >= 0.6 is 11.5 Å². The number of anilines is 1. The first kappa shape index (κ1) is 22.0. The van der Waals surface area contributed by atoms with E-state index < -0.39 is 0 Å². The van der Waals surface area contributed by atoms with Gasteiger partial charge in [-0.1, -0.05) is 74.5 Å². The molecule has 0 atom stereocenters. The van der Waals surface area contributed by atoms with E-state index in [1.54, 1.807) is 0 Å². The third kappa shape index (κ3) is 7.26. The molecule has 0 saturated carbocycles. The Balaban J connectivity index is 1.51. The molecule has 0 aliphatic carbocycles. The summed E-state index contributed by atoms with van der Waals surface area (Å²) in [5.41, 5.74) is 2.44. The van der Waals surface area contributed by atoms with Crippen molar-refractivity contribution >= 4 is 22.6 Å². The highest BCUT2D eigenvalue weighted by atomic mass is 32.1. The number of nitrogens with one attached hydrogen (secondary N) is 1. The van der Waals surface area contributed by atoms with Crippen molar-refractivity contribution in [1.82, 2.24) is 14.7 Å². The highest BCUT2D eigenvalue weighted by molar-refractivity contribution is 7.09. The van der Waals surface area contributed by atoms with Crippen LogP contribution in [0.2, 0.25) is 0 Å². The average molecular weight is 423 g/mol. The van der Waals surface area contributed by atoms with Crippen molar-refractivity contribution in [3.05, 3.63) is 77.6 Å². The Hall–Kier alpha value is -2.73. The maximum Gasteiger partial charge on any atom is 0.221 e. The van der Waals surface area contributed by atoms with Gasteiger partial charge in [-0.3, -0.25) is 4.79 Å². The molecule has 0 radical (unpaired) electrons. The van der Waals surface area contributed by atoms with E-state index in [0.29, 0.717) is 25.4 Å². The quantitative estimate of drug-likeness (QED) is 0.499. The van der Waals surface area contributed by atoms with Crippen LogP contribution in [0.1, 0.15) is 37.2 Å².